The van der Waals surface area contributed by atoms with Gasteiger partial charge in [-0.25, -0.2) is 4.39 Å². The number of halogens is 1. The number of carbonyl (C=O) groups excluding carboxylic acids is 1. The highest BCUT2D eigenvalue weighted by atomic mass is 19.1. The van der Waals surface area contributed by atoms with E-state index in [-0.39, 0.29) is 23.4 Å². The quantitative estimate of drug-likeness (QED) is 0.859. The lowest BCUT2D eigenvalue weighted by Crippen LogP contribution is -2.74. The zero-order chi connectivity index (χ0) is 17.4. The third kappa shape index (κ3) is 2.61. The van der Waals surface area contributed by atoms with E-state index in [0.29, 0.717) is 18.8 Å². The van der Waals surface area contributed by atoms with Gasteiger partial charge in [-0.2, -0.15) is 0 Å². The van der Waals surface area contributed by atoms with E-state index in [1.54, 1.807) is 31.4 Å². The number of benzene rings is 1. The highest BCUT2D eigenvalue weighted by Gasteiger charge is 2.55. The molecule has 25 heavy (non-hydrogen) atoms. The summed E-state index contributed by atoms with van der Waals surface area (Å²) in [4.78, 5) is 16.5. The van der Waals surface area contributed by atoms with Crippen molar-refractivity contribution in [3.8, 4) is 0 Å². The van der Waals surface area contributed by atoms with Crippen LogP contribution in [0.5, 0.6) is 0 Å². The number of furan rings is 1. The van der Waals surface area contributed by atoms with Gasteiger partial charge in [0.1, 0.15) is 5.82 Å². The lowest BCUT2D eigenvalue weighted by Gasteiger charge is -2.61. The molecule has 1 amide bonds. The van der Waals surface area contributed by atoms with Crippen LogP contribution in [-0.4, -0.2) is 49.2 Å². The monoisotopic (exact) mass is 344 g/mol. The lowest BCUT2D eigenvalue weighted by molar-refractivity contribution is -0.0436. The Morgan fingerprint density at radius 2 is 2.08 bits per heavy atom. The molecular formula is C19H21FN2O3. The molecule has 1 aromatic carbocycles. The topological polar surface area (TPSA) is 45.9 Å². The van der Waals surface area contributed by atoms with Crippen LogP contribution in [0, 0.1) is 5.82 Å². The van der Waals surface area contributed by atoms with Crippen molar-refractivity contribution in [2.45, 2.75) is 24.5 Å². The van der Waals surface area contributed by atoms with E-state index in [2.05, 4.69) is 4.90 Å². The smallest absolute Gasteiger partial charge is 0.289 e. The van der Waals surface area contributed by atoms with E-state index < -0.39 is 0 Å². The SMILES string of the molecule is COC1CN(c2cccc(F)c2)C12CCN(C(=O)c1ccco1)CC2. The van der Waals surface area contributed by atoms with Gasteiger partial charge in [0.05, 0.1) is 17.9 Å². The summed E-state index contributed by atoms with van der Waals surface area (Å²) in [7, 11) is 1.72. The van der Waals surface area contributed by atoms with Crippen molar-refractivity contribution >= 4 is 11.6 Å². The molecule has 2 fully saturated rings. The molecule has 2 saturated heterocycles. The fraction of sp³-hybridized carbons (Fsp3) is 0.421. The molecule has 0 aliphatic carbocycles. The zero-order valence-corrected chi connectivity index (χ0v) is 14.2. The number of piperidine rings is 1. The zero-order valence-electron chi connectivity index (χ0n) is 14.2. The first kappa shape index (κ1) is 16.1. The van der Waals surface area contributed by atoms with Crippen LogP contribution in [0.25, 0.3) is 0 Å². The molecular weight excluding hydrogens is 323 g/mol. The summed E-state index contributed by atoms with van der Waals surface area (Å²) in [5.41, 5.74) is 0.696. The minimum Gasteiger partial charge on any atom is -0.459 e. The van der Waals surface area contributed by atoms with Crippen molar-refractivity contribution in [2.24, 2.45) is 0 Å². The van der Waals surface area contributed by atoms with Gasteiger partial charge in [0.15, 0.2) is 5.76 Å². The normalized spacial score (nSPS) is 22.1. The summed E-state index contributed by atoms with van der Waals surface area (Å²) in [5, 5.41) is 0. The van der Waals surface area contributed by atoms with Crippen LogP contribution in [0.3, 0.4) is 0 Å². The summed E-state index contributed by atoms with van der Waals surface area (Å²) in [6, 6.07) is 10.1. The predicted molar refractivity (Wildman–Crippen MR) is 91.1 cm³/mol. The maximum absolute atomic E-state index is 13.6. The van der Waals surface area contributed by atoms with Crippen molar-refractivity contribution in [3.63, 3.8) is 0 Å². The molecule has 1 spiro atoms. The van der Waals surface area contributed by atoms with Gasteiger partial charge in [-0.3, -0.25) is 4.79 Å². The van der Waals surface area contributed by atoms with E-state index in [1.165, 1.54) is 12.3 Å². The summed E-state index contributed by atoms with van der Waals surface area (Å²) in [6.07, 6.45) is 3.18. The van der Waals surface area contributed by atoms with Gasteiger partial charge in [-0.15, -0.1) is 0 Å². The van der Waals surface area contributed by atoms with Gasteiger partial charge < -0.3 is 19.0 Å². The second-order valence-electron chi connectivity index (χ2n) is 6.69. The Labute approximate surface area is 146 Å². The Kier molecular flexibility index (Phi) is 4.00. The fourth-order valence-corrected chi connectivity index (χ4v) is 4.12. The number of methoxy groups -OCH3 is 1. The molecule has 0 radical (unpaired) electrons. The first-order valence-corrected chi connectivity index (χ1v) is 8.53. The number of rotatable bonds is 3. The molecule has 0 bridgehead atoms. The molecule has 2 aliphatic heterocycles. The molecule has 2 aliphatic rings. The van der Waals surface area contributed by atoms with Crippen LogP contribution in [0.1, 0.15) is 23.4 Å². The number of ether oxygens (including phenoxy) is 1. The highest BCUT2D eigenvalue weighted by Crippen LogP contribution is 2.44. The summed E-state index contributed by atoms with van der Waals surface area (Å²) in [5.74, 6) is 0.0548. The third-order valence-corrected chi connectivity index (χ3v) is 5.54. The second kappa shape index (κ2) is 6.19. The molecule has 4 rings (SSSR count). The van der Waals surface area contributed by atoms with Gasteiger partial charge in [-0.1, -0.05) is 6.07 Å². The van der Waals surface area contributed by atoms with E-state index in [9.17, 15) is 9.18 Å². The van der Waals surface area contributed by atoms with Crippen molar-refractivity contribution in [3.05, 3.63) is 54.2 Å². The summed E-state index contributed by atoms with van der Waals surface area (Å²) >= 11 is 0. The number of carbonyl (C=O) groups is 1. The average molecular weight is 344 g/mol. The summed E-state index contributed by atoms with van der Waals surface area (Å²) in [6.45, 7) is 2.00. The van der Waals surface area contributed by atoms with Crippen LogP contribution in [0.2, 0.25) is 0 Å². The number of hydrogen-bond donors (Lipinski definition) is 0. The lowest BCUT2D eigenvalue weighted by atomic mass is 9.73. The molecule has 6 heteroatoms. The van der Waals surface area contributed by atoms with E-state index in [4.69, 9.17) is 9.15 Å². The minimum absolute atomic E-state index is 0.0783. The molecule has 1 aromatic heterocycles. The molecule has 3 heterocycles. The van der Waals surface area contributed by atoms with Gasteiger partial charge in [-0.05, 0) is 43.2 Å². The predicted octanol–water partition coefficient (Wildman–Crippen LogP) is 2.93. The summed E-state index contributed by atoms with van der Waals surface area (Å²) < 4.78 is 24.5. The van der Waals surface area contributed by atoms with Crippen LogP contribution < -0.4 is 4.90 Å². The average Bonchev–Trinajstić information content (AvgIpc) is 3.15. The number of likely N-dealkylation sites (tertiary alicyclic amines) is 1. The van der Waals surface area contributed by atoms with Crippen LogP contribution in [0.15, 0.2) is 47.1 Å². The Bertz CT molecular complexity index is 754. The maximum Gasteiger partial charge on any atom is 0.289 e. The third-order valence-electron chi connectivity index (χ3n) is 5.54. The number of amides is 1. The Morgan fingerprint density at radius 1 is 1.28 bits per heavy atom. The van der Waals surface area contributed by atoms with Crippen molar-refractivity contribution in [1.29, 1.82) is 0 Å². The number of nitrogens with zero attached hydrogens (tertiary/aromatic N) is 2. The largest absolute Gasteiger partial charge is 0.459 e. The standard InChI is InChI=1S/C19H21FN2O3/c1-24-17-13-22(15-5-2-4-14(20)12-15)19(17)7-9-21(10-8-19)18(23)16-6-3-11-25-16/h2-6,11-12,17H,7-10,13H2,1H3. The number of hydrogen-bond acceptors (Lipinski definition) is 4. The van der Waals surface area contributed by atoms with Gasteiger partial charge >= 0.3 is 0 Å². The van der Waals surface area contributed by atoms with Gasteiger partial charge in [0.25, 0.3) is 5.91 Å². The molecule has 2 aromatic rings. The van der Waals surface area contributed by atoms with Gasteiger partial charge in [0, 0.05) is 32.4 Å². The molecule has 0 N–H and O–H groups in total. The van der Waals surface area contributed by atoms with E-state index in [1.807, 2.05) is 11.0 Å². The van der Waals surface area contributed by atoms with E-state index >= 15 is 0 Å². The van der Waals surface area contributed by atoms with Crippen molar-refractivity contribution < 1.29 is 18.3 Å². The molecule has 132 valence electrons. The van der Waals surface area contributed by atoms with Crippen LogP contribution in [0.4, 0.5) is 10.1 Å². The Morgan fingerprint density at radius 3 is 2.72 bits per heavy atom. The maximum atomic E-state index is 13.6. The molecule has 5 nitrogen and oxygen atoms in total. The first-order valence-electron chi connectivity index (χ1n) is 8.53. The van der Waals surface area contributed by atoms with Gasteiger partial charge in [0.2, 0.25) is 0 Å². The molecule has 1 atom stereocenters. The van der Waals surface area contributed by atoms with Crippen molar-refractivity contribution in [1.82, 2.24) is 4.90 Å². The van der Waals surface area contributed by atoms with Crippen LogP contribution in [-0.2, 0) is 4.74 Å². The molecule has 1 unspecified atom stereocenters. The first-order chi connectivity index (χ1) is 12.1. The Balaban J connectivity index is 1.51. The minimum atomic E-state index is -0.237. The van der Waals surface area contributed by atoms with Crippen LogP contribution >= 0.6 is 0 Å². The Hall–Kier alpha value is -2.34. The van der Waals surface area contributed by atoms with Crippen molar-refractivity contribution in [2.75, 3.05) is 31.6 Å². The van der Waals surface area contributed by atoms with E-state index in [0.717, 1.165) is 25.1 Å². The highest BCUT2D eigenvalue weighted by molar-refractivity contribution is 5.91. The second-order valence-corrected chi connectivity index (χ2v) is 6.69. The molecule has 0 saturated carbocycles. The number of anilines is 1. The fourth-order valence-electron chi connectivity index (χ4n) is 4.12.